The first-order chi connectivity index (χ1) is 11.6. The van der Waals surface area contributed by atoms with E-state index in [0.29, 0.717) is 6.54 Å². The van der Waals surface area contributed by atoms with Crippen molar-refractivity contribution in [2.24, 2.45) is 0 Å². The smallest absolute Gasteiger partial charge is 0.315 e. The molecule has 2 N–H and O–H groups in total. The van der Waals surface area contributed by atoms with Gasteiger partial charge in [0.05, 0.1) is 12.2 Å². The minimum atomic E-state index is -0.656. The second kappa shape index (κ2) is 6.98. The molecule has 2 aromatic rings. The number of nitrogens with one attached hydrogen (secondary N) is 2. The van der Waals surface area contributed by atoms with E-state index in [0.717, 1.165) is 43.0 Å². The predicted octanol–water partition coefficient (Wildman–Crippen LogP) is 3.24. The zero-order chi connectivity index (χ0) is 17.1. The minimum Gasteiger partial charge on any atom is -0.338 e. The highest BCUT2D eigenvalue weighted by Crippen LogP contribution is 2.31. The molecule has 128 valence electrons. The number of carbonyl (C=O) groups is 1. The summed E-state index contributed by atoms with van der Waals surface area (Å²) in [7, 11) is 0. The highest BCUT2D eigenvalue weighted by atomic mass is 19.1. The molecular weight excluding hydrogens is 314 g/mol. The van der Waals surface area contributed by atoms with Crippen molar-refractivity contribution in [3.05, 3.63) is 47.3 Å². The van der Waals surface area contributed by atoms with Crippen LogP contribution in [0.5, 0.6) is 0 Å². The fourth-order valence-electron chi connectivity index (χ4n) is 3.02. The molecule has 0 aliphatic heterocycles. The first-order valence-electron chi connectivity index (χ1n) is 8.16. The Balaban J connectivity index is 1.86. The first kappa shape index (κ1) is 16.4. The fourth-order valence-corrected chi connectivity index (χ4v) is 3.02. The maximum atomic E-state index is 14.0. The summed E-state index contributed by atoms with van der Waals surface area (Å²) in [4.78, 5) is 11.9. The van der Waals surface area contributed by atoms with Crippen molar-refractivity contribution in [2.45, 2.75) is 38.6 Å². The average Bonchev–Trinajstić information content (AvgIpc) is 2.98. The Morgan fingerprint density at radius 3 is 3.00 bits per heavy atom. The second-order valence-electron chi connectivity index (χ2n) is 5.90. The molecule has 7 heteroatoms. The Morgan fingerprint density at radius 2 is 2.25 bits per heavy atom. The molecule has 0 bridgehead atoms. The summed E-state index contributed by atoms with van der Waals surface area (Å²) < 4.78 is 28.7. The van der Waals surface area contributed by atoms with E-state index in [1.54, 1.807) is 6.20 Å². The fraction of sp³-hybridized carbons (Fsp3) is 0.412. The van der Waals surface area contributed by atoms with Crippen LogP contribution in [0, 0.1) is 11.6 Å². The van der Waals surface area contributed by atoms with Crippen LogP contribution in [0.25, 0.3) is 5.69 Å². The first-order valence-corrected chi connectivity index (χ1v) is 8.16. The number of carbonyl (C=O) groups excluding carboxylic acids is 1. The number of amides is 2. The average molecular weight is 334 g/mol. The summed E-state index contributed by atoms with van der Waals surface area (Å²) in [6, 6.07) is 3.07. The van der Waals surface area contributed by atoms with Crippen LogP contribution in [0.3, 0.4) is 0 Å². The Kier molecular flexibility index (Phi) is 4.78. The molecule has 0 saturated heterocycles. The van der Waals surface area contributed by atoms with E-state index < -0.39 is 11.6 Å². The van der Waals surface area contributed by atoms with Gasteiger partial charge in [-0.15, -0.1) is 0 Å². The third-order valence-electron chi connectivity index (χ3n) is 4.16. The van der Waals surface area contributed by atoms with E-state index in [9.17, 15) is 13.6 Å². The molecule has 24 heavy (non-hydrogen) atoms. The van der Waals surface area contributed by atoms with Gasteiger partial charge in [0, 0.05) is 23.9 Å². The molecule has 1 heterocycles. The van der Waals surface area contributed by atoms with Crippen LogP contribution < -0.4 is 10.6 Å². The van der Waals surface area contributed by atoms with E-state index in [1.807, 2.05) is 6.92 Å². The highest BCUT2D eigenvalue weighted by molar-refractivity contribution is 5.74. The molecule has 1 aromatic carbocycles. The molecular formula is C17H20F2N4O. The number of hydrogen-bond donors (Lipinski definition) is 2. The zero-order valence-corrected chi connectivity index (χ0v) is 13.5. The van der Waals surface area contributed by atoms with Crippen LogP contribution in [0.1, 0.15) is 43.5 Å². The van der Waals surface area contributed by atoms with Crippen molar-refractivity contribution in [3.8, 4) is 5.69 Å². The maximum absolute atomic E-state index is 14.0. The largest absolute Gasteiger partial charge is 0.338 e. The molecule has 3 rings (SSSR count). The number of hydrogen-bond acceptors (Lipinski definition) is 2. The molecule has 0 radical (unpaired) electrons. The highest BCUT2D eigenvalue weighted by Gasteiger charge is 2.26. The van der Waals surface area contributed by atoms with E-state index in [4.69, 9.17) is 0 Å². The molecule has 1 atom stereocenters. The lowest BCUT2D eigenvalue weighted by Crippen LogP contribution is -2.39. The molecule has 0 fully saturated rings. The van der Waals surface area contributed by atoms with Gasteiger partial charge in [0.1, 0.15) is 11.5 Å². The van der Waals surface area contributed by atoms with Gasteiger partial charge in [0.2, 0.25) is 0 Å². The minimum absolute atomic E-state index is 0.150. The number of benzene rings is 1. The number of nitrogens with zero attached hydrogens (tertiary/aromatic N) is 2. The van der Waals surface area contributed by atoms with E-state index in [1.165, 1.54) is 16.8 Å². The second-order valence-corrected chi connectivity index (χ2v) is 5.90. The van der Waals surface area contributed by atoms with Gasteiger partial charge in [-0.1, -0.05) is 6.92 Å². The zero-order valence-electron chi connectivity index (χ0n) is 13.5. The van der Waals surface area contributed by atoms with Crippen LogP contribution >= 0.6 is 0 Å². The molecule has 1 aliphatic carbocycles. The van der Waals surface area contributed by atoms with E-state index in [-0.39, 0.29) is 17.8 Å². The maximum Gasteiger partial charge on any atom is 0.315 e. The molecule has 0 spiro atoms. The van der Waals surface area contributed by atoms with Gasteiger partial charge in [-0.3, -0.25) is 0 Å². The van der Waals surface area contributed by atoms with Crippen molar-refractivity contribution >= 4 is 6.03 Å². The molecule has 0 unspecified atom stereocenters. The summed E-state index contributed by atoms with van der Waals surface area (Å²) in [5, 5.41) is 9.99. The summed E-state index contributed by atoms with van der Waals surface area (Å²) in [5.74, 6) is -1.28. The van der Waals surface area contributed by atoms with Gasteiger partial charge < -0.3 is 10.6 Å². The summed E-state index contributed by atoms with van der Waals surface area (Å²) in [6.45, 7) is 2.60. The molecule has 5 nitrogen and oxygen atoms in total. The lowest BCUT2D eigenvalue weighted by molar-refractivity contribution is 0.235. The number of halogens is 2. The van der Waals surface area contributed by atoms with Crippen LogP contribution in [0.4, 0.5) is 13.6 Å². The SMILES string of the molecule is CCCNC(=O)N[C@H]1CCCc2c1cnn2-c1ccc(F)cc1F. The van der Waals surface area contributed by atoms with Gasteiger partial charge in [-0.2, -0.15) is 5.10 Å². The van der Waals surface area contributed by atoms with E-state index >= 15 is 0 Å². The van der Waals surface area contributed by atoms with E-state index in [2.05, 4.69) is 15.7 Å². The normalized spacial score (nSPS) is 16.5. The van der Waals surface area contributed by atoms with Crippen molar-refractivity contribution in [2.75, 3.05) is 6.54 Å². The summed E-state index contributed by atoms with van der Waals surface area (Å²) in [6.07, 6.45) is 4.93. The third kappa shape index (κ3) is 3.25. The lowest BCUT2D eigenvalue weighted by atomic mass is 9.93. The van der Waals surface area contributed by atoms with Crippen molar-refractivity contribution < 1.29 is 13.6 Å². The number of aromatic nitrogens is 2. The molecule has 1 aliphatic rings. The molecule has 2 amide bonds. The van der Waals surface area contributed by atoms with Crippen molar-refractivity contribution in [1.82, 2.24) is 20.4 Å². The lowest BCUT2D eigenvalue weighted by Gasteiger charge is -2.24. The summed E-state index contributed by atoms with van der Waals surface area (Å²) in [5.41, 5.74) is 1.96. The standard InChI is InChI=1S/C17H20F2N4O/c1-2-8-20-17(24)22-14-4-3-5-15-12(14)10-21-23(15)16-7-6-11(18)9-13(16)19/h6-7,9-10,14H,2-5,8H2,1H3,(H2,20,22,24)/t14-/m0/s1. The Bertz CT molecular complexity index is 744. The quantitative estimate of drug-likeness (QED) is 0.902. The monoisotopic (exact) mass is 334 g/mol. The van der Waals surface area contributed by atoms with Crippen molar-refractivity contribution in [3.63, 3.8) is 0 Å². The van der Waals surface area contributed by atoms with Gasteiger partial charge in [-0.05, 0) is 37.8 Å². The number of fused-ring (bicyclic) bond motifs is 1. The van der Waals surface area contributed by atoms with Crippen molar-refractivity contribution in [1.29, 1.82) is 0 Å². The predicted molar refractivity (Wildman–Crippen MR) is 86.0 cm³/mol. The number of rotatable bonds is 4. The van der Waals surface area contributed by atoms with Crippen LogP contribution in [-0.2, 0) is 6.42 Å². The molecule has 0 saturated carbocycles. The van der Waals surface area contributed by atoms with Crippen LogP contribution in [-0.4, -0.2) is 22.4 Å². The Labute approximate surface area is 139 Å². The van der Waals surface area contributed by atoms with Gasteiger partial charge in [0.25, 0.3) is 0 Å². The topological polar surface area (TPSA) is 59.0 Å². The Morgan fingerprint density at radius 1 is 1.42 bits per heavy atom. The third-order valence-corrected chi connectivity index (χ3v) is 4.16. The van der Waals surface area contributed by atoms with Crippen LogP contribution in [0.2, 0.25) is 0 Å². The molecule has 1 aromatic heterocycles. The van der Waals surface area contributed by atoms with Crippen LogP contribution in [0.15, 0.2) is 24.4 Å². The van der Waals surface area contributed by atoms with Gasteiger partial charge in [0.15, 0.2) is 5.82 Å². The number of urea groups is 1. The Hall–Kier alpha value is -2.44. The van der Waals surface area contributed by atoms with Gasteiger partial charge >= 0.3 is 6.03 Å². The van der Waals surface area contributed by atoms with Gasteiger partial charge in [-0.25, -0.2) is 18.3 Å². The summed E-state index contributed by atoms with van der Waals surface area (Å²) >= 11 is 0.